The van der Waals surface area contributed by atoms with Crippen molar-refractivity contribution >= 4 is 11.8 Å². The standard InChI is InChI=1S/C29H34N2O4/c1-4-22(2)30-29(33)25(19-23-13-7-5-8-14-23)31(20-24-15-9-6-10-16-24)28(32)21-35-27-18-12-11-17-26(27)34-3/h5-18,22,25H,4,19-21H2,1-3H3,(H,30,33). The summed E-state index contributed by atoms with van der Waals surface area (Å²) in [7, 11) is 1.56. The molecule has 35 heavy (non-hydrogen) atoms. The highest BCUT2D eigenvalue weighted by atomic mass is 16.5. The smallest absolute Gasteiger partial charge is 0.261 e. The molecule has 6 heteroatoms. The molecule has 0 aromatic heterocycles. The van der Waals surface area contributed by atoms with Gasteiger partial charge in [-0.2, -0.15) is 0 Å². The second-order valence-corrected chi connectivity index (χ2v) is 8.47. The SMILES string of the molecule is CCC(C)NC(=O)C(Cc1ccccc1)N(Cc1ccccc1)C(=O)COc1ccccc1OC. The molecule has 0 aliphatic rings. The second kappa shape index (κ2) is 13.2. The number of rotatable bonds is 12. The number of para-hydroxylation sites is 2. The number of hydrogen-bond donors (Lipinski definition) is 1. The Morgan fingerprint density at radius 3 is 2.03 bits per heavy atom. The highest BCUT2D eigenvalue weighted by Crippen LogP contribution is 2.26. The van der Waals surface area contributed by atoms with Gasteiger partial charge in [-0.25, -0.2) is 0 Å². The Labute approximate surface area is 207 Å². The molecule has 3 aromatic carbocycles. The minimum Gasteiger partial charge on any atom is -0.493 e. The number of amides is 2. The summed E-state index contributed by atoms with van der Waals surface area (Å²) < 4.78 is 11.2. The van der Waals surface area contributed by atoms with E-state index in [1.54, 1.807) is 24.1 Å². The highest BCUT2D eigenvalue weighted by Gasteiger charge is 2.31. The molecule has 0 heterocycles. The third-order valence-corrected chi connectivity index (χ3v) is 5.89. The predicted octanol–water partition coefficient (Wildman–Crippen LogP) is 4.63. The average Bonchev–Trinajstić information content (AvgIpc) is 2.90. The molecule has 1 N–H and O–H groups in total. The van der Waals surface area contributed by atoms with Crippen LogP contribution in [0.3, 0.4) is 0 Å². The van der Waals surface area contributed by atoms with E-state index in [9.17, 15) is 9.59 Å². The van der Waals surface area contributed by atoms with E-state index >= 15 is 0 Å². The molecule has 0 saturated heterocycles. The van der Waals surface area contributed by atoms with E-state index in [2.05, 4.69) is 5.32 Å². The number of methoxy groups -OCH3 is 1. The Morgan fingerprint density at radius 1 is 0.857 bits per heavy atom. The van der Waals surface area contributed by atoms with Gasteiger partial charge >= 0.3 is 0 Å². The maximum Gasteiger partial charge on any atom is 0.261 e. The molecule has 0 radical (unpaired) electrons. The molecule has 6 nitrogen and oxygen atoms in total. The van der Waals surface area contributed by atoms with E-state index in [1.807, 2.05) is 86.6 Å². The maximum atomic E-state index is 13.6. The maximum absolute atomic E-state index is 13.6. The van der Waals surface area contributed by atoms with Gasteiger partial charge in [0, 0.05) is 19.0 Å². The third kappa shape index (κ3) is 7.60. The molecule has 0 bridgehead atoms. The van der Waals surface area contributed by atoms with E-state index in [4.69, 9.17) is 9.47 Å². The van der Waals surface area contributed by atoms with Crippen LogP contribution in [0.25, 0.3) is 0 Å². The largest absolute Gasteiger partial charge is 0.493 e. The van der Waals surface area contributed by atoms with Crippen LogP contribution in [0, 0.1) is 0 Å². The van der Waals surface area contributed by atoms with E-state index < -0.39 is 6.04 Å². The van der Waals surface area contributed by atoms with Crippen molar-refractivity contribution in [1.82, 2.24) is 10.2 Å². The lowest BCUT2D eigenvalue weighted by Crippen LogP contribution is -2.53. The zero-order chi connectivity index (χ0) is 25.0. The Bertz CT molecular complexity index is 1070. The van der Waals surface area contributed by atoms with E-state index in [-0.39, 0.29) is 24.5 Å². The van der Waals surface area contributed by atoms with E-state index in [0.717, 1.165) is 17.5 Å². The summed E-state index contributed by atoms with van der Waals surface area (Å²) >= 11 is 0. The number of ether oxygens (including phenoxy) is 2. The zero-order valence-electron chi connectivity index (χ0n) is 20.6. The summed E-state index contributed by atoms with van der Waals surface area (Å²) in [6.45, 7) is 4.06. The van der Waals surface area contributed by atoms with Crippen LogP contribution in [0.4, 0.5) is 0 Å². The van der Waals surface area contributed by atoms with Crippen LogP contribution in [0.1, 0.15) is 31.4 Å². The first kappa shape index (κ1) is 25.8. The molecule has 184 valence electrons. The Morgan fingerprint density at radius 2 is 1.43 bits per heavy atom. The number of nitrogens with one attached hydrogen (secondary N) is 1. The Hall–Kier alpha value is -3.80. The van der Waals surface area contributed by atoms with Gasteiger partial charge in [-0.1, -0.05) is 79.7 Å². The summed E-state index contributed by atoms with van der Waals surface area (Å²) in [5.74, 6) is 0.571. The minimum atomic E-state index is -0.694. The number of benzene rings is 3. The van der Waals surface area contributed by atoms with Crippen molar-refractivity contribution in [3.8, 4) is 11.5 Å². The Kier molecular flexibility index (Phi) is 9.72. The summed E-state index contributed by atoms with van der Waals surface area (Å²) in [5.41, 5.74) is 1.92. The van der Waals surface area contributed by atoms with Crippen LogP contribution >= 0.6 is 0 Å². The molecule has 3 aromatic rings. The molecule has 2 atom stereocenters. The lowest BCUT2D eigenvalue weighted by molar-refractivity contribution is -0.143. The van der Waals surface area contributed by atoms with Gasteiger partial charge in [0.1, 0.15) is 6.04 Å². The number of carbonyl (C=O) groups is 2. The number of hydrogen-bond acceptors (Lipinski definition) is 4. The fourth-order valence-electron chi connectivity index (χ4n) is 3.74. The molecule has 0 saturated carbocycles. The van der Waals surface area contributed by atoms with Gasteiger partial charge in [0.05, 0.1) is 7.11 Å². The summed E-state index contributed by atoms with van der Waals surface area (Å²) in [5, 5.41) is 3.07. The molecule has 2 amide bonds. The minimum absolute atomic E-state index is 0.000666. The molecule has 3 rings (SSSR count). The van der Waals surface area contributed by atoms with Gasteiger partial charge in [-0.15, -0.1) is 0 Å². The molecule has 0 aliphatic carbocycles. The van der Waals surface area contributed by atoms with Crippen molar-refractivity contribution in [2.24, 2.45) is 0 Å². The topological polar surface area (TPSA) is 67.9 Å². The van der Waals surface area contributed by atoms with Crippen LogP contribution in [-0.2, 0) is 22.6 Å². The fraction of sp³-hybridized carbons (Fsp3) is 0.310. The monoisotopic (exact) mass is 474 g/mol. The first-order valence-electron chi connectivity index (χ1n) is 11.9. The van der Waals surface area contributed by atoms with E-state index in [1.165, 1.54) is 0 Å². The highest BCUT2D eigenvalue weighted by molar-refractivity contribution is 5.88. The van der Waals surface area contributed by atoms with Crippen LogP contribution in [-0.4, -0.2) is 42.5 Å². The quantitative estimate of drug-likeness (QED) is 0.416. The van der Waals surface area contributed by atoms with Crippen molar-refractivity contribution in [3.05, 3.63) is 96.1 Å². The van der Waals surface area contributed by atoms with Crippen molar-refractivity contribution in [1.29, 1.82) is 0 Å². The third-order valence-electron chi connectivity index (χ3n) is 5.89. The Balaban J connectivity index is 1.90. The van der Waals surface area contributed by atoms with Crippen molar-refractivity contribution in [2.45, 2.75) is 45.3 Å². The van der Waals surface area contributed by atoms with Crippen molar-refractivity contribution in [2.75, 3.05) is 13.7 Å². The fourth-order valence-corrected chi connectivity index (χ4v) is 3.74. The molecule has 0 aliphatic heterocycles. The van der Waals surface area contributed by atoms with E-state index in [0.29, 0.717) is 24.5 Å². The first-order valence-corrected chi connectivity index (χ1v) is 11.9. The van der Waals surface area contributed by atoms with Crippen LogP contribution in [0.5, 0.6) is 11.5 Å². The van der Waals surface area contributed by atoms with Gasteiger partial charge in [0.25, 0.3) is 5.91 Å². The van der Waals surface area contributed by atoms with Gasteiger partial charge in [-0.3, -0.25) is 9.59 Å². The normalized spacial score (nSPS) is 12.3. The van der Waals surface area contributed by atoms with Gasteiger partial charge in [0.15, 0.2) is 18.1 Å². The van der Waals surface area contributed by atoms with Crippen molar-refractivity contribution in [3.63, 3.8) is 0 Å². The van der Waals surface area contributed by atoms with Gasteiger partial charge in [-0.05, 0) is 36.6 Å². The molecule has 0 fully saturated rings. The van der Waals surface area contributed by atoms with Gasteiger partial charge in [0.2, 0.25) is 5.91 Å². The van der Waals surface area contributed by atoms with Crippen molar-refractivity contribution < 1.29 is 19.1 Å². The number of carbonyl (C=O) groups excluding carboxylic acids is 2. The van der Waals surface area contributed by atoms with Gasteiger partial charge < -0.3 is 19.7 Å². The summed E-state index contributed by atoms with van der Waals surface area (Å²) in [6.07, 6.45) is 1.20. The second-order valence-electron chi connectivity index (χ2n) is 8.47. The molecular formula is C29H34N2O4. The molecule has 0 spiro atoms. The lowest BCUT2D eigenvalue weighted by atomic mass is 10.0. The summed E-state index contributed by atoms with van der Waals surface area (Å²) in [6, 6.07) is 25.9. The molecular weight excluding hydrogens is 440 g/mol. The zero-order valence-corrected chi connectivity index (χ0v) is 20.6. The lowest BCUT2D eigenvalue weighted by Gasteiger charge is -2.32. The van der Waals surface area contributed by atoms with Crippen LogP contribution in [0.2, 0.25) is 0 Å². The number of nitrogens with zero attached hydrogens (tertiary/aromatic N) is 1. The molecule has 2 unspecified atom stereocenters. The predicted molar refractivity (Wildman–Crippen MR) is 137 cm³/mol. The van der Waals surface area contributed by atoms with Crippen LogP contribution in [0.15, 0.2) is 84.9 Å². The summed E-state index contributed by atoms with van der Waals surface area (Å²) in [4.78, 5) is 28.7. The van der Waals surface area contributed by atoms with Crippen LogP contribution < -0.4 is 14.8 Å². The average molecular weight is 475 g/mol. The first-order chi connectivity index (χ1) is 17.0.